The van der Waals surface area contributed by atoms with E-state index in [2.05, 4.69) is 218 Å². The van der Waals surface area contributed by atoms with Gasteiger partial charge in [-0.15, -0.1) is 0 Å². The molecule has 0 heterocycles. The summed E-state index contributed by atoms with van der Waals surface area (Å²) >= 11 is 0. The van der Waals surface area contributed by atoms with Crippen molar-refractivity contribution in [1.82, 2.24) is 0 Å². The van der Waals surface area contributed by atoms with Crippen LogP contribution in [0, 0.1) is 0 Å². The molecule has 0 aliphatic carbocycles. The molecule has 0 saturated carbocycles. The summed E-state index contributed by atoms with van der Waals surface area (Å²) in [5, 5.41) is 7.46. The first-order valence-electron chi connectivity index (χ1n) is 18.7. The fraction of sp³-hybridized carbons (Fsp3) is 0. The van der Waals surface area contributed by atoms with Crippen LogP contribution in [0.4, 0.5) is 0 Å². The minimum absolute atomic E-state index is 1.20. The van der Waals surface area contributed by atoms with E-state index in [1.807, 2.05) is 0 Å². The number of hydrogen-bond donors (Lipinski definition) is 0. The maximum absolute atomic E-state index is 2.42. The maximum Gasteiger partial charge on any atom is -0.00926 e. The van der Waals surface area contributed by atoms with Crippen LogP contribution < -0.4 is 0 Å². The highest BCUT2D eigenvalue weighted by Crippen LogP contribution is 2.45. The summed E-state index contributed by atoms with van der Waals surface area (Å²) in [7, 11) is 0. The van der Waals surface area contributed by atoms with Crippen LogP contribution in [0.2, 0.25) is 0 Å². The SMILES string of the molecule is c1ccc(-c2cc(-c3ccccc3-c3ccc4ccccc4c3)cc3c(-c4ccccc4)cc(-c4ccccc4-c4ccc5ccccc5c4)cc23)cc1. The molecule has 0 aliphatic rings. The van der Waals surface area contributed by atoms with Gasteiger partial charge in [-0.05, 0) is 135 Å². The summed E-state index contributed by atoms with van der Waals surface area (Å²) in [4.78, 5) is 0. The van der Waals surface area contributed by atoms with Crippen molar-refractivity contribution in [3.8, 4) is 66.8 Å². The molecule has 0 heteroatoms. The Morgan fingerprint density at radius 2 is 0.500 bits per heavy atom. The number of fused-ring (bicyclic) bond motifs is 3. The Hall–Kier alpha value is -7.02. The van der Waals surface area contributed by atoms with Crippen molar-refractivity contribution in [3.05, 3.63) is 218 Å². The smallest absolute Gasteiger partial charge is 0.00926 e. The highest BCUT2D eigenvalue weighted by atomic mass is 14.2. The van der Waals surface area contributed by atoms with Gasteiger partial charge in [0.2, 0.25) is 0 Å². The van der Waals surface area contributed by atoms with Crippen molar-refractivity contribution in [1.29, 1.82) is 0 Å². The van der Waals surface area contributed by atoms with Gasteiger partial charge in [0, 0.05) is 0 Å². The monoisotopic (exact) mass is 684 g/mol. The van der Waals surface area contributed by atoms with Crippen LogP contribution in [0.15, 0.2) is 218 Å². The van der Waals surface area contributed by atoms with Gasteiger partial charge < -0.3 is 0 Å². The Morgan fingerprint density at radius 1 is 0.167 bits per heavy atom. The Labute approximate surface area is 316 Å². The molecular formula is C54H36. The van der Waals surface area contributed by atoms with E-state index in [0.29, 0.717) is 0 Å². The lowest BCUT2D eigenvalue weighted by Crippen LogP contribution is -1.93. The van der Waals surface area contributed by atoms with E-state index in [1.165, 1.54) is 99.1 Å². The quantitative estimate of drug-likeness (QED) is 0.164. The van der Waals surface area contributed by atoms with Crippen LogP contribution in [0.5, 0.6) is 0 Å². The summed E-state index contributed by atoms with van der Waals surface area (Å²) < 4.78 is 0. The molecule has 0 radical (unpaired) electrons. The molecule has 252 valence electrons. The van der Waals surface area contributed by atoms with Gasteiger partial charge in [0.25, 0.3) is 0 Å². The largest absolute Gasteiger partial charge is 0.0622 e. The summed E-state index contributed by atoms with van der Waals surface area (Å²) in [5.41, 5.74) is 14.6. The zero-order valence-corrected chi connectivity index (χ0v) is 29.8. The van der Waals surface area contributed by atoms with Gasteiger partial charge in [-0.25, -0.2) is 0 Å². The van der Waals surface area contributed by atoms with Gasteiger partial charge in [-0.2, -0.15) is 0 Å². The van der Waals surface area contributed by atoms with Crippen LogP contribution in [0.1, 0.15) is 0 Å². The number of rotatable bonds is 6. The van der Waals surface area contributed by atoms with E-state index in [-0.39, 0.29) is 0 Å². The van der Waals surface area contributed by atoms with E-state index in [0.717, 1.165) is 0 Å². The second kappa shape index (κ2) is 13.5. The zero-order chi connectivity index (χ0) is 35.8. The molecular weight excluding hydrogens is 649 g/mol. The van der Waals surface area contributed by atoms with Crippen molar-refractivity contribution in [2.24, 2.45) is 0 Å². The third-order valence-corrected chi connectivity index (χ3v) is 10.8. The van der Waals surface area contributed by atoms with Crippen molar-refractivity contribution in [2.75, 3.05) is 0 Å². The minimum atomic E-state index is 1.20. The number of hydrogen-bond acceptors (Lipinski definition) is 0. The third kappa shape index (κ3) is 5.75. The summed E-state index contributed by atoms with van der Waals surface area (Å²) in [5.74, 6) is 0. The minimum Gasteiger partial charge on any atom is -0.0622 e. The van der Waals surface area contributed by atoms with Crippen molar-refractivity contribution in [2.45, 2.75) is 0 Å². The molecule has 0 spiro atoms. The highest BCUT2D eigenvalue weighted by Gasteiger charge is 2.18. The lowest BCUT2D eigenvalue weighted by molar-refractivity contribution is 1.58. The van der Waals surface area contributed by atoms with Gasteiger partial charge in [0.1, 0.15) is 0 Å². The van der Waals surface area contributed by atoms with Gasteiger partial charge >= 0.3 is 0 Å². The first kappa shape index (κ1) is 31.7. The molecule has 54 heavy (non-hydrogen) atoms. The van der Waals surface area contributed by atoms with Crippen LogP contribution in [0.25, 0.3) is 99.1 Å². The second-order valence-electron chi connectivity index (χ2n) is 14.1. The average Bonchev–Trinajstić information content (AvgIpc) is 3.26. The van der Waals surface area contributed by atoms with E-state index in [9.17, 15) is 0 Å². The summed E-state index contributed by atoms with van der Waals surface area (Å²) in [6.07, 6.45) is 0. The molecule has 0 fully saturated rings. The molecule has 0 nitrogen and oxygen atoms in total. The molecule has 10 aromatic carbocycles. The predicted octanol–water partition coefficient (Wildman–Crippen LogP) is 15.1. The normalized spacial score (nSPS) is 11.3. The molecule has 0 unspecified atom stereocenters. The summed E-state index contributed by atoms with van der Waals surface area (Å²) in [6, 6.07) is 80.0. The molecule has 0 aliphatic heterocycles. The van der Waals surface area contributed by atoms with Gasteiger partial charge in [-0.3, -0.25) is 0 Å². The first-order chi connectivity index (χ1) is 26.8. The van der Waals surface area contributed by atoms with Crippen molar-refractivity contribution in [3.63, 3.8) is 0 Å². The lowest BCUT2D eigenvalue weighted by Gasteiger charge is -2.19. The van der Waals surface area contributed by atoms with Crippen LogP contribution in [0.3, 0.4) is 0 Å². The molecule has 0 amide bonds. The Morgan fingerprint density at radius 3 is 0.907 bits per heavy atom. The van der Waals surface area contributed by atoms with Crippen molar-refractivity contribution < 1.29 is 0 Å². The van der Waals surface area contributed by atoms with Gasteiger partial charge in [0.05, 0.1) is 0 Å². The second-order valence-corrected chi connectivity index (χ2v) is 14.1. The summed E-state index contributed by atoms with van der Waals surface area (Å²) in [6.45, 7) is 0. The lowest BCUT2D eigenvalue weighted by atomic mass is 9.84. The molecule has 0 saturated heterocycles. The van der Waals surface area contributed by atoms with E-state index in [1.54, 1.807) is 0 Å². The van der Waals surface area contributed by atoms with Crippen molar-refractivity contribution >= 4 is 32.3 Å². The van der Waals surface area contributed by atoms with E-state index >= 15 is 0 Å². The molecule has 0 bridgehead atoms. The maximum atomic E-state index is 2.42. The van der Waals surface area contributed by atoms with E-state index < -0.39 is 0 Å². The topological polar surface area (TPSA) is 0 Å². The van der Waals surface area contributed by atoms with E-state index in [4.69, 9.17) is 0 Å². The number of benzene rings is 10. The fourth-order valence-corrected chi connectivity index (χ4v) is 8.17. The molecule has 0 N–H and O–H groups in total. The first-order valence-corrected chi connectivity index (χ1v) is 18.7. The molecule has 0 atom stereocenters. The van der Waals surface area contributed by atoms with Crippen LogP contribution in [-0.4, -0.2) is 0 Å². The van der Waals surface area contributed by atoms with Gasteiger partial charge in [-0.1, -0.05) is 182 Å². The van der Waals surface area contributed by atoms with Crippen LogP contribution in [-0.2, 0) is 0 Å². The molecule has 10 aromatic rings. The molecule has 10 rings (SSSR count). The Kier molecular flexibility index (Phi) is 7.93. The standard InChI is InChI=1S/C54H36/c1-3-17-39(18-4-1)51-33-45(49-25-13-11-23-47(49)43-29-27-37-15-7-9-21-41(37)31-43)36-54-52(40-19-5-2-6-20-40)34-46(35-53(51)54)50-26-14-12-24-48(50)44-30-28-38-16-8-10-22-42(38)32-44/h1-36H. The predicted molar refractivity (Wildman–Crippen MR) is 232 cm³/mol. The zero-order valence-electron chi connectivity index (χ0n) is 29.8. The van der Waals surface area contributed by atoms with Gasteiger partial charge in [0.15, 0.2) is 0 Å². The van der Waals surface area contributed by atoms with Crippen LogP contribution >= 0.6 is 0 Å². The Bertz CT molecular complexity index is 2770. The third-order valence-electron chi connectivity index (χ3n) is 10.8. The molecule has 0 aromatic heterocycles. The fourth-order valence-electron chi connectivity index (χ4n) is 8.17. The Balaban J connectivity index is 1.24. The average molecular weight is 685 g/mol. The highest BCUT2D eigenvalue weighted by molar-refractivity contribution is 6.10.